The second-order valence-electron chi connectivity index (χ2n) is 4.87. The van der Waals surface area contributed by atoms with Gasteiger partial charge in [0, 0.05) is 6.08 Å². The van der Waals surface area contributed by atoms with Crippen molar-refractivity contribution in [3.63, 3.8) is 0 Å². The van der Waals surface area contributed by atoms with Gasteiger partial charge in [-0.25, -0.2) is 4.79 Å². The number of hydrogen-bond donors (Lipinski definition) is 0. The zero-order chi connectivity index (χ0) is 18.4. The normalized spacial score (nSPS) is 11.4. The number of halogens is 3. The molecule has 0 N–H and O–H groups in total. The maximum Gasteiger partial charge on any atom is 0.416 e. The van der Waals surface area contributed by atoms with Gasteiger partial charge in [0.15, 0.2) is 11.5 Å². The molecule has 2 aromatic carbocycles. The van der Waals surface area contributed by atoms with Crippen LogP contribution in [0.2, 0.25) is 0 Å². The molecule has 0 saturated heterocycles. The zero-order valence-corrected chi connectivity index (χ0v) is 13.5. The largest absolute Gasteiger partial charge is 0.493 e. The third kappa shape index (κ3) is 4.76. The highest BCUT2D eigenvalue weighted by Gasteiger charge is 2.30. The van der Waals surface area contributed by atoms with E-state index in [1.807, 2.05) is 0 Å². The van der Waals surface area contributed by atoms with Gasteiger partial charge in [-0.1, -0.05) is 18.2 Å². The summed E-state index contributed by atoms with van der Waals surface area (Å²) >= 11 is 0. The second kappa shape index (κ2) is 7.74. The van der Waals surface area contributed by atoms with Crippen LogP contribution in [0.5, 0.6) is 17.2 Å². The standard InChI is InChI=1S/C18H15F3O4/c1-23-14-7-4-8-15(24-2)17(14)25-16(22)10-9-12-5-3-6-13(11-12)18(19,20)21/h3-11H,1-2H3/b10-9+. The van der Waals surface area contributed by atoms with Crippen LogP contribution in [-0.4, -0.2) is 20.2 Å². The average Bonchev–Trinajstić information content (AvgIpc) is 2.59. The lowest BCUT2D eigenvalue weighted by Gasteiger charge is -2.11. The van der Waals surface area contributed by atoms with Crippen LogP contribution in [0.1, 0.15) is 11.1 Å². The fraction of sp³-hybridized carbons (Fsp3) is 0.167. The molecule has 0 aliphatic heterocycles. The zero-order valence-electron chi connectivity index (χ0n) is 13.5. The Morgan fingerprint density at radius 2 is 1.60 bits per heavy atom. The molecule has 0 aromatic heterocycles. The molecule has 0 bridgehead atoms. The Kier molecular flexibility index (Phi) is 5.69. The van der Waals surface area contributed by atoms with Crippen molar-refractivity contribution in [2.75, 3.05) is 14.2 Å². The van der Waals surface area contributed by atoms with E-state index < -0.39 is 17.7 Å². The Morgan fingerprint density at radius 1 is 1.00 bits per heavy atom. The lowest BCUT2D eigenvalue weighted by Crippen LogP contribution is -2.06. The lowest BCUT2D eigenvalue weighted by molar-refractivity contribution is -0.137. The summed E-state index contributed by atoms with van der Waals surface area (Å²) in [4.78, 5) is 12.0. The highest BCUT2D eigenvalue weighted by atomic mass is 19.4. The molecule has 2 rings (SSSR count). The quantitative estimate of drug-likeness (QED) is 0.456. The molecular formula is C18H15F3O4. The van der Waals surface area contributed by atoms with Crippen LogP contribution >= 0.6 is 0 Å². The molecule has 0 radical (unpaired) electrons. The van der Waals surface area contributed by atoms with Gasteiger partial charge in [0.2, 0.25) is 5.75 Å². The number of para-hydroxylation sites is 1. The van der Waals surface area contributed by atoms with Crippen LogP contribution in [0.3, 0.4) is 0 Å². The highest BCUT2D eigenvalue weighted by Crippen LogP contribution is 2.37. The van der Waals surface area contributed by atoms with Gasteiger partial charge in [0.05, 0.1) is 19.8 Å². The Hall–Kier alpha value is -2.96. The summed E-state index contributed by atoms with van der Waals surface area (Å²) in [5.41, 5.74) is -0.576. The molecule has 0 aliphatic carbocycles. The summed E-state index contributed by atoms with van der Waals surface area (Å²) < 4.78 is 53.4. The number of carbonyl (C=O) groups excluding carboxylic acids is 1. The van der Waals surface area contributed by atoms with Gasteiger partial charge in [-0.05, 0) is 35.9 Å². The number of ether oxygens (including phenoxy) is 3. The molecule has 0 aliphatic rings. The first-order valence-electron chi connectivity index (χ1n) is 7.13. The Morgan fingerprint density at radius 3 is 2.16 bits per heavy atom. The molecule has 0 atom stereocenters. The molecule has 0 unspecified atom stereocenters. The predicted molar refractivity (Wildman–Crippen MR) is 85.7 cm³/mol. The number of carbonyl (C=O) groups is 1. The van der Waals surface area contributed by atoms with Gasteiger partial charge in [0.1, 0.15) is 0 Å². The van der Waals surface area contributed by atoms with Crippen LogP contribution in [-0.2, 0) is 11.0 Å². The number of benzene rings is 2. The minimum absolute atomic E-state index is 0.0891. The summed E-state index contributed by atoms with van der Waals surface area (Å²) in [5.74, 6) is -0.105. The van der Waals surface area contributed by atoms with Crippen molar-refractivity contribution in [3.05, 3.63) is 59.7 Å². The molecule has 0 heterocycles. The minimum atomic E-state index is -4.45. The molecule has 0 saturated carbocycles. The van der Waals surface area contributed by atoms with Crippen LogP contribution in [0, 0.1) is 0 Å². The Balaban J connectivity index is 2.17. The summed E-state index contributed by atoms with van der Waals surface area (Å²) in [5, 5.41) is 0. The molecule has 132 valence electrons. The van der Waals surface area contributed by atoms with E-state index in [2.05, 4.69) is 0 Å². The van der Waals surface area contributed by atoms with Crippen molar-refractivity contribution >= 4 is 12.0 Å². The van der Waals surface area contributed by atoms with Gasteiger partial charge in [-0.15, -0.1) is 0 Å². The van der Waals surface area contributed by atoms with E-state index in [0.29, 0.717) is 11.5 Å². The van der Waals surface area contributed by atoms with Crippen molar-refractivity contribution in [3.8, 4) is 17.2 Å². The van der Waals surface area contributed by atoms with Crippen LogP contribution in [0.4, 0.5) is 13.2 Å². The van der Waals surface area contributed by atoms with Gasteiger partial charge in [0.25, 0.3) is 0 Å². The third-order valence-corrected chi connectivity index (χ3v) is 3.21. The third-order valence-electron chi connectivity index (χ3n) is 3.21. The average molecular weight is 352 g/mol. The van der Waals surface area contributed by atoms with Gasteiger partial charge >= 0.3 is 12.1 Å². The summed E-state index contributed by atoms with van der Waals surface area (Å²) in [6.45, 7) is 0. The first kappa shape index (κ1) is 18.4. The highest BCUT2D eigenvalue weighted by molar-refractivity contribution is 5.89. The second-order valence-corrected chi connectivity index (χ2v) is 4.87. The number of alkyl halides is 3. The monoisotopic (exact) mass is 352 g/mol. The van der Waals surface area contributed by atoms with E-state index in [9.17, 15) is 18.0 Å². The lowest BCUT2D eigenvalue weighted by atomic mass is 10.1. The van der Waals surface area contributed by atoms with E-state index >= 15 is 0 Å². The molecular weight excluding hydrogens is 337 g/mol. The first-order chi connectivity index (χ1) is 11.8. The van der Waals surface area contributed by atoms with Crippen molar-refractivity contribution in [1.29, 1.82) is 0 Å². The fourth-order valence-corrected chi connectivity index (χ4v) is 2.04. The van der Waals surface area contributed by atoms with Crippen LogP contribution < -0.4 is 14.2 Å². The smallest absolute Gasteiger partial charge is 0.416 e. The maximum atomic E-state index is 12.7. The minimum Gasteiger partial charge on any atom is -0.493 e. The molecule has 2 aromatic rings. The van der Waals surface area contributed by atoms with E-state index in [1.54, 1.807) is 18.2 Å². The van der Waals surface area contributed by atoms with Crippen LogP contribution in [0.25, 0.3) is 6.08 Å². The molecule has 0 fully saturated rings. The van der Waals surface area contributed by atoms with Crippen molar-refractivity contribution < 1.29 is 32.2 Å². The Bertz CT molecular complexity index is 760. The topological polar surface area (TPSA) is 44.8 Å². The molecule has 25 heavy (non-hydrogen) atoms. The molecule has 4 nitrogen and oxygen atoms in total. The van der Waals surface area contributed by atoms with E-state index in [1.165, 1.54) is 32.4 Å². The SMILES string of the molecule is COc1cccc(OC)c1OC(=O)/C=C/c1cccc(C(F)(F)F)c1. The number of esters is 1. The van der Waals surface area contributed by atoms with Gasteiger partial charge in [-0.2, -0.15) is 13.2 Å². The maximum absolute atomic E-state index is 12.7. The predicted octanol–water partition coefficient (Wildman–Crippen LogP) is 4.34. The van der Waals surface area contributed by atoms with Gasteiger partial charge < -0.3 is 14.2 Å². The van der Waals surface area contributed by atoms with Crippen molar-refractivity contribution in [1.82, 2.24) is 0 Å². The fourth-order valence-electron chi connectivity index (χ4n) is 2.04. The molecule has 0 spiro atoms. The van der Waals surface area contributed by atoms with E-state index in [4.69, 9.17) is 14.2 Å². The summed E-state index contributed by atoms with van der Waals surface area (Å²) in [6, 6.07) is 9.43. The number of hydrogen-bond acceptors (Lipinski definition) is 4. The molecule has 7 heteroatoms. The summed E-state index contributed by atoms with van der Waals surface area (Å²) in [6.07, 6.45) is -2.18. The van der Waals surface area contributed by atoms with E-state index in [-0.39, 0.29) is 11.3 Å². The molecule has 0 amide bonds. The number of methoxy groups -OCH3 is 2. The summed E-state index contributed by atoms with van der Waals surface area (Å²) in [7, 11) is 2.81. The van der Waals surface area contributed by atoms with Crippen molar-refractivity contribution in [2.45, 2.75) is 6.18 Å². The first-order valence-corrected chi connectivity index (χ1v) is 7.13. The Labute approximate surface area is 142 Å². The van der Waals surface area contributed by atoms with Crippen LogP contribution in [0.15, 0.2) is 48.5 Å². The van der Waals surface area contributed by atoms with Crippen molar-refractivity contribution in [2.24, 2.45) is 0 Å². The van der Waals surface area contributed by atoms with Gasteiger partial charge in [-0.3, -0.25) is 0 Å². The van der Waals surface area contributed by atoms with E-state index in [0.717, 1.165) is 18.2 Å². The number of rotatable bonds is 5.